The van der Waals surface area contributed by atoms with Gasteiger partial charge in [0.15, 0.2) is 6.29 Å². The fraction of sp³-hybridized carbons (Fsp3) is 0.565. The van der Waals surface area contributed by atoms with Gasteiger partial charge in [0.25, 0.3) is 0 Å². The van der Waals surface area contributed by atoms with E-state index in [1.54, 1.807) is 6.07 Å². The van der Waals surface area contributed by atoms with Gasteiger partial charge >= 0.3 is 0 Å². The van der Waals surface area contributed by atoms with Crippen LogP contribution >= 0.6 is 0 Å². The van der Waals surface area contributed by atoms with Gasteiger partial charge in [-0.25, -0.2) is 0 Å². The molecule has 0 bridgehead atoms. The van der Waals surface area contributed by atoms with Gasteiger partial charge in [0.1, 0.15) is 11.5 Å². The van der Waals surface area contributed by atoms with E-state index in [1.165, 1.54) is 5.57 Å². The highest BCUT2D eigenvalue weighted by Crippen LogP contribution is 2.55. The minimum atomic E-state index is -1.79. The first-order valence-electron chi connectivity index (χ1n) is 9.90. The van der Waals surface area contributed by atoms with Crippen LogP contribution in [0, 0.1) is 5.41 Å². The van der Waals surface area contributed by atoms with E-state index in [9.17, 15) is 20.4 Å². The molecule has 1 aliphatic carbocycles. The van der Waals surface area contributed by atoms with Crippen LogP contribution in [0.2, 0.25) is 0 Å². The van der Waals surface area contributed by atoms with Crippen molar-refractivity contribution < 1.29 is 20.4 Å². The van der Waals surface area contributed by atoms with Gasteiger partial charge in [-0.2, -0.15) is 0 Å². The number of phenolic OH excluding ortho intramolecular Hbond substituents is 2. The molecule has 4 heteroatoms. The van der Waals surface area contributed by atoms with Crippen LogP contribution in [-0.4, -0.2) is 20.4 Å². The Morgan fingerprint density at radius 1 is 1.30 bits per heavy atom. The number of unbranched alkanes of at least 4 members (excludes halogenated alkanes) is 2. The van der Waals surface area contributed by atoms with Gasteiger partial charge in [-0.3, -0.25) is 0 Å². The molecule has 0 radical (unpaired) electrons. The first kappa shape index (κ1) is 21.5. The van der Waals surface area contributed by atoms with Gasteiger partial charge in [0.05, 0.1) is 5.56 Å². The molecule has 150 valence electrons. The predicted molar refractivity (Wildman–Crippen MR) is 109 cm³/mol. The van der Waals surface area contributed by atoms with E-state index in [4.69, 9.17) is 0 Å². The molecule has 4 N–H and O–H groups in total. The molecule has 4 nitrogen and oxygen atoms in total. The summed E-state index contributed by atoms with van der Waals surface area (Å²) in [5.41, 5.74) is 2.91. The van der Waals surface area contributed by atoms with Gasteiger partial charge in [0, 0.05) is 11.5 Å². The highest BCUT2D eigenvalue weighted by Gasteiger charge is 2.40. The lowest BCUT2D eigenvalue weighted by Crippen LogP contribution is -2.29. The fourth-order valence-corrected chi connectivity index (χ4v) is 4.15. The summed E-state index contributed by atoms with van der Waals surface area (Å²) in [5, 5.41) is 41.7. The Labute approximate surface area is 162 Å². The zero-order valence-electron chi connectivity index (χ0n) is 17.0. The van der Waals surface area contributed by atoms with Crippen LogP contribution in [0.4, 0.5) is 0 Å². The maximum absolute atomic E-state index is 11.0. The molecule has 2 atom stereocenters. The maximum Gasteiger partial charge on any atom is 0.182 e. The maximum atomic E-state index is 11.0. The number of aliphatic hydroxyl groups excluding tert-OH is 1. The van der Waals surface area contributed by atoms with Crippen molar-refractivity contribution in [2.45, 2.75) is 78.4 Å². The lowest BCUT2D eigenvalue weighted by atomic mass is 9.62. The second kappa shape index (κ2) is 8.49. The Hall–Kier alpha value is -1.78. The molecule has 1 aliphatic rings. The monoisotopic (exact) mass is 374 g/mol. The van der Waals surface area contributed by atoms with Crippen molar-refractivity contribution in [3.05, 3.63) is 46.6 Å². The average molecular weight is 375 g/mol. The summed E-state index contributed by atoms with van der Waals surface area (Å²) in [4.78, 5) is 0. The summed E-state index contributed by atoms with van der Waals surface area (Å²) in [6.07, 6.45) is 5.57. The average Bonchev–Trinajstić information content (AvgIpc) is 2.57. The number of hydrogen-bond donors (Lipinski definition) is 4. The molecular formula is C23H34O4. The lowest BCUT2D eigenvalue weighted by molar-refractivity contribution is -0.0446. The molecule has 0 heterocycles. The van der Waals surface area contributed by atoms with Crippen LogP contribution in [0.15, 0.2) is 29.9 Å². The second-order valence-electron chi connectivity index (χ2n) is 8.25. The number of aromatic hydroxyl groups is 2. The number of benzene rings is 1. The highest BCUT2D eigenvalue weighted by atomic mass is 16.5. The van der Waals surface area contributed by atoms with E-state index in [-0.39, 0.29) is 28.4 Å². The van der Waals surface area contributed by atoms with Crippen LogP contribution in [0.1, 0.15) is 88.7 Å². The quantitative estimate of drug-likeness (QED) is 0.300. The third-order valence-electron chi connectivity index (χ3n) is 6.21. The van der Waals surface area contributed by atoms with Crippen LogP contribution < -0.4 is 0 Å². The lowest BCUT2D eigenvalue weighted by Gasteiger charge is -2.41. The van der Waals surface area contributed by atoms with E-state index in [0.717, 1.165) is 37.7 Å². The van der Waals surface area contributed by atoms with Crippen molar-refractivity contribution in [1.29, 1.82) is 0 Å². The summed E-state index contributed by atoms with van der Waals surface area (Å²) >= 11 is 0. The summed E-state index contributed by atoms with van der Waals surface area (Å²) in [6.45, 7) is 12.3. The third kappa shape index (κ3) is 4.22. The predicted octanol–water partition coefficient (Wildman–Crippen LogP) is 5.22. The number of hydrogen-bond acceptors (Lipinski definition) is 4. The molecule has 27 heavy (non-hydrogen) atoms. The molecule has 0 spiro atoms. The Morgan fingerprint density at radius 2 is 1.96 bits per heavy atom. The second-order valence-corrected chi connectivity index (χ2v) is 8.25. The molecule has 0 amide bonds. The van der Waals surface area contributed by atoms with Gasteiger partial charge in [0.2, 0.25) is 0 Å². The summed E-state index contributed by atoms with van der Waals surface area (Å²) in [6, 6.07) is 1.59. The minimum Gasteiger partial charge on any atom is -0.507 e. The van der Waals surface area contributed by atoms with E-state index in [0.29, 0.717) is 17.5 Å². The van der Waals surface area contributed by atoms with Crippen LogP contribution in [-0.2, 0) is 6.42 Å². The smallest absolute Gasteiger partial charge is 0.182 e. The van der Waals surface area contributed by atoms with E-state index >= 15 is 0 Å². The van der Waals surface area contributed by atoms with E-state index in [2.05, 4.69) is 26.5 Å². The van der Waals surface area contributed by atoms with Crippen molar-refractivity contribution in [3.8, 4) is 11.5 Å². The first-order valence-corrected chi connectivity index (χ1v) is 9.90. The van der Waals surface area contributed by atoms with Crippen molar-refractivity contribution >= 4 is 0 Å². The Bertz CT molecular complexity index is 732. The molecule has 0 fully saturated rings. The van der Waals surface area contributed by atoms with Crippen molar-refractivity contribution in [1.82, 2.24) is 0 Å². The summed E-state index contributed by atoms with van der Waals surface area (Å²) < 4.78 is 0. The molecule has 2 unspecified atom stereocenters. The van der Waals surface area contributed by atoms with Crippen LogP contribution in [0.5, 0.6) is 11.5 Å². The Balaban J connectivity index is 2.64. The van der Waals surface area contributed by atoms with Crippen molar-refractivity contribution in [2.24, 2.45) is 5.41 Å². The zero-order chi connectivity index (χ0) is 20.4. The van der Waals surface area contributed by atoms with E-state index in [1.807, 2.05) is 13.8 Å². The molecule has 0 saturated carbocycles. The molecule has 2 rings (SSSR count). The number of aryl methyl sites for hydroxylation is 1. The standard InChI is InChI=1S/C23H34O4/c1-6-7-8-9-16-13-18(24)20(21(25)19(16)22(26)27)17-12-15(4)10-11-23(17,5)14(2)3/h12-13,17,22,24-27H,2,6-11H2,1,3-5H3. The van der Waals surface area contributed by atoms with Crippen LogP contribution in [0.25, 0.3) is 0 Å². The first-order chi connectivity index (χ1) is 12.6. The Morgan fingerprint density at radius 3 is 2.52 bits per heavy atom. The number of aliphatic hydroxyl groups is 2. The molecular weight excluding hydrogens is 340 g/mol. The van der Waals surface area contributed by atoms with Crippen LogP contribution in [0.3, 0.4) is 0 Å². The van der Waals surface area contributed by atoms with Gasteiger partial charge < -0.3 is 20.4 Å². The Kier molecular flexibility index (Phi) is 6.77. The highest BCUT2D eigenvalue weighted by molar-refractivity contribution is 5.58. The number of phenols is 2. The number of allylic oxidation sites excluding steroid dienone is 3. The minimum absolute atomic E-state index is 0.00632. The largest absolute Gasteiger partial charge is 0.507 e. The van der Waals surface area contributed by atoms with Gasteiger partial charge in [-0.05, 0) is 56.6 Å². The SMILES string of the molecule is C=C(C)C1(C)CCC(C)=CC1c1c(O)cc(CCCCC)c(C(O)O)c1O. The molecule has 0 saturated heterocycles. The summed E-state index contributed by atoms with van der Waals surface area (Å²) in [5.74, 6) is -0.474. The van der Waals surface area contributed by atoms with E-state index < -0.39 is 6.29 Å². The van der Waals surface area contributed by atoms with Gasteiger partial charge in [-0.15, -0.1) is 0 Å². The van der Waals surface area contributed by atoms with Crippen molar-refractivity contribution in [2.75, 3.05) is 0 Å². The fourth-order valence-electron chi connectivity index (χ4n) is 4.15. The topological polar surface area (TPSA) is 80.9 Å². The van der Waals surface area contributed by atoms with Crippen molar-refractivity contribution in [3.63, 3.8) is 0 Å². The summed E-state index contributed by atoms with van der Waals surface area (Å²) in [7, 11) is 0. The molecule has 1 aromatic rings. The molecule has 0 aromatic heterocycles. The third-order valence-corrected chi connectivity index (χ3v) is 6.21. The normalized spacial score (nSPS) is 22.8. The van der Waals surface area contributed by atoms with Gasteiger partial charge in [-0.1, -0.05) is 50.5 Å². The zero-order valence-corrected chi connectivity index (χ0v) is 17.0. The number of rotatable bonds is 7. The molecule has 1 aromatic carbocycles. The molecule has 0 aliphatic heterocycles.